The molecule has 0 unspecified atom stereocenters. The zero-order chi connectivity index (χ0) is 26.5. The average Bonchev–Trinajstić information content (AvgIpc) is 3.26. The highest BCUT2D eigenvalue weighted by Crippen LogP contribution is 2.35. The minimum absolute atomic E-state index is 0.153. The minimum atomic E-state index is -5.13. The molecule has 8 nitrogen and oxygen atoms in total. The number of nitrogens with zero attached hydrogens (tertiary/aromatic N) is 3. The molecule has 2 aliphatic heterocycles. The minimum Gasteiger partial charge on any atom is -0.461 e. The molecule has 0 saturated carbocycles. The van der Waals surface area contributed by atoms with Crippen LogP contribution in [0.4, 0.5) is 24.5 Å². The number of esters is 1. The number of likely N-dealkylation sites (N-methyl/N-ethyl adjacent to an activating group) is 1. The Kier molecular flexibility index (Phi) is 9.59. The molecule has 1 aromatic carbocycles. The van der Waals surface area contributed by atoms with Crippen molar-refractivity contribution in [3.63, 3.8) is 0 Å². The molecule has 2 fully saturated rings. The number of amides is 1. The molecule has 0 spiro atoms. The summed E-state index contributed by atoms with van der Waals surface area (Å²) in [5.41, 5.74) is 0.248. The predicted octanol–water partition coefficient (Wildman–Crippen LogP) is 3.60. The van der Waals surface area contributed by atoms with Gasteiger partial charge >= 0.3 is 18.1 Å². The molecule has 3 rings (SSSR count). The predicted molar refractivity (Wildman–Crippen MR) is 129 cm³/mol. The van der Waals surface area contributed by atoms with E-state index < -0.39 is 23.4 Å². The third-order valence-corrected chi connectivity index (χ3v) is 6.67. The summed E-state index contributed by atoms with van der Waals surface area (Å²) in [7, 11) is 0. The lowest BCUT2D eigenvalue weighted by molar-refractivity contribution is -0.171. The standard InChI is InChI=1S/C24H31ClF3N3O5/c1-3-30(11-10-29-9-6-19(15-29)36-16(2)32)18-4-5-20(22(25)33)21(14-18)31(23(34)24(26,27)28)17-7-12-35-13-8-17/h4-5,14,17,19H,3,6-13,15H2,1-2H3/t19-/m1/s1. The zero-order valence-corrected chi connectivity index (χ0v) is 21.1. The monoisotopic (exact) mass is 533 g/mol. The Hall–Kier alpha value is -2.37. The number of carbonyl (C=O) groups excluding carboxylic acids is 3. The number of hydrogen-bond donors (Lipinski definition) is 0. The Morgan fingerprint density at radius 2 is 1.89 bits per heavy atom. The van der Waals surface area contributed by atoms with Gasteiger partial charge in [-0.3, -0.25) is 19.3 Å². The van der Waals surface area contributed by atoms with Crippen LogP contribution in [-0.2, 0) is 19.1 Å². The molecule has 2 aliphatic rings. The van der Waals surface area contributed by atoms with Crippen molar-refractivity contribution in [3.8, 4) is 0 Å². The summed E-state index contributed by atoms with van der Waals surface area (Å²) in [6.07, 6.45) is -4.13. The van der Waals surface area contributed by atoms with Gasteiger partial charge in [0.25, 0.3) is 5.24 Å². The van der Waals surface area contributed by atoms with Crippen LogP contribution in [-0.4, -0.2) is 86.3 Å². The number of rotatable bonds is 9. The fourth-order valence-electron chi connectivity index (χ4n) is 4.70. The highest BCUT2D eigenvalue weighted by atomic mass is 35.5. The lowest BCUT2D eigenvalue weighted by Gasteiger charge is -2.36. The van der Waals surface area contributed by atoms with E-state index in [2.05, 4.69) is 4.90 Å². The number of anilines is 2. The number of hydrogen-bond acceptors (Lipinski definition) is 7. The van der Waals surface area contributed by atoms with E-state index in [-0.39, 0.29) is 49.4 Å². The quantitative estimate of drug-likeness (QED) is 0.354. The molecule has 36 heavy (non-hydrogen) atoms. The van der Waals surface area contributed by atoms with Crippen molar-refractivity contribution in [2.24, 2.45) is 0 Å². The molecule has 0 bridgehead atoms. The summed E-state index contributed by atoms with van der Waals surface area (Å²) in [6, 6.07) is 3.64. The second kappa shape index (κ2) is 12.2. The fraction of sp³-hybridized carbons (Fsp3) is 0.625. The molecule has 2 heterocycles. The van der Waals surface area contributed by atoms with Gasteiger partial charge in [-0.15, -0.1) is 0 Å². The van der Waals surface area contributed by atoms with Crippen molar-refractivity contribution < 1.29 is 37.0 Å². The first kappa shape index (κ1) is 28.2. The van der Waals surface area contributed by atoms with Gasteiger partial charge in [0.1, 0.15) is 6.10 Å². The van der Waals surface area contributed by atoms with Crippen molar-refractivity contribution >= 4 is 40.1 Å². The van der Waals surface area contributed by atoms with E-state index in [9.17, 15) is 27.6 Å². The number of ether oxygens (including phenoxy) is 2. The Morgan fingerprint density at radius 1 is 1.19 bits per heavy atom. The molecule has 0 radical (unpaired) electrons. The molecule has 0 aromatic heterocycles. The van der Waals surface area contributed by atoms with Gasteiger partial charge in [0.15, 0.2) is 0 Å². The van der Waals surface area contributed by atoms with Gasteiger partial charge in [-0.25, -0.2) is 0 Å². The van der Waals surface area contributed by atoms with Gasteiger partial charge in [-0.2, -0.15) is 13.2 Å². The summed E-state index contributed by atoms with van der Waals surface area (Å²) >= 11 is 5.73. The zero-order valence-electron chi connectivity index (χ0n) is 20.4. The molecular formula is C24H31ClF3N3O5. The number of likely N-dealkylation sites (tertiary alicyclic amines) is 1. The summed E-state index contributed by atoms with van der Waals surface area (Å²) in [4.78, 5) is 40.7. The highest BCUT2D eigenvalue weighted by molar-refractivity contribution is 6.68. The van der Waals surface area contributed by atoms with E-state index >= 15 is 0 Å². The van der Waals surface area contributed by atoms with Crippen LogP contribution in [0.3, 0.4) is 0 Å². The Balaban J connectivity index is 1.87. The molecule has 1 amide bonds. The third-order valence-electron chi connectivity index (χ3n) is 6.46. The maximum Gasteiger partial charge on any atom is 0.471 e. The van der Waals surface area contributed by atoms with Gasteiger partial charge in [0.05, 0.1) is 11.3 Å². The van der Waals surface area contributed by atoms with E-state index in [4.69, 9.17) is 21.1 Å². The maximum absolute atomic E-state index is 13.6. The van der Waals surface area contributed by atoms with Crippen molar-refractivity contribution in [3.05, 3.63) is 23.8 Å². The summed E-state index contributed by atoms with van der Waals surface area (Å²) in [6.45, 7) is 6.80. The van der Waals surface area contributed by atoms with Crippen LogP contribution in [0.5, 0.6) is 0 Å². The van der Waals surface area contributed by atoms with E-state index in [1.54, 1.807) is 6.07 Å². The lowest BCUT2D eigenvalue weighted by Crippen LogP contribution is -2.50. The van der Waals surface area contributed by atoms with Crippen LogP contribution in [0.15, 0.2) is 18.2 Å². The first-order valence-electron chi connectivity index (χ1n) is 12.0. The van der Waals surface area contributed by atoms with Crippen molar-refractivity contribution in [2.75, 3.05) is 55.7 Å². The molecule has 1 atom stereocenters. The molecular weight excluding hydrogens is 503 g/mol. The molecule has 0 N–H and O–H groups in total. The summed E-state index contributed by atoms with van der Waals surface area (Å²) in [5, 5.41) is -0.944. The van der Waals surface area contributed by atoms with E-state index in [0.29, 0.717) is 36.8 Å². The van der Waals surface area contributed by atoms with Crippen LogP contribution in [0, 0.1) is 0 Å². The van der Waals surface area contributed by atoms with Crippen LogP contribution >= 0.6 is 11.6 Å². The van der Waals surface area contributed by atoms with Gasteiger partial charge in [-0.05, 0) is 56.0 Å². The van der Waals surface area contributed by atoms with E-state index in [1.165, 1.54) is 19.1 Å². The molecule has 2 saturated heterocycles. The molecule has 200 valence electrons. The first-order valence-corrected chi connectivity index (χ1v) is 12.4. The smallest absolute Gasteiger partial charge is 0.461 e. The number of halogens is 4. The normalized spacial score (nSPS) is 19.2. The first-order chi connectivity index (χ1) is 17.0. The Labute approximate surface area is 213 Å². The summed E-state index contributed by atoms with van der Waals surface area (Å²) in [5.74, 6) is -2.36. The second-order valence-corrected chi connectivity index (χ2v) is 9.24. The Bertz CT molecular complexity index is 955. The van der Waals surface area contributed by atoms with Gasteiger partial charge < -0.3 is 19.3 Å². The lowest BCUT2D eigenvalue weighted by atomic mass is 10.0. The van der Waals surface area contributed by atoms with Crippen molar-refractivity contribution in [2.45, 2.75) is 51.4 Å². The average molecular weight is 534 g/mol. The third kappa shape index (κ3) is 7.10. The van der Waals surface area contributed by atoms with Crippen molar-refractivity contribution in [1.29, 1.82) is 0 Å². The van der Waals surface area contributed by atoms with Gasteiger partial charge in [-0.1, -0.05) is 0 Å². The molecule has 12 heteroatoms. The van der Waals surface area contributed by atoms with Crippen LogP contribution < -0.4 is 9.80 Å². The largest absolute Gasteiger partial charge is 0.471 e. The number of carbonyl (C=O) groups is 3. The van der Waals surface area contributed by atoms with Crippen LogP contribution in [0.2, 0.25) is 0 Å². The van der Waals surface area contributed by atoms with E-state index in [0.717, 1.165) is 13.0 Å². The molecule has 0 aliphatic carbocycles. The van der Waals surface area contributed by atoms with Crippen LogP contribution in [0.1, 0.15) is 43.5 Å². The van der Waals surface area contributed by atoms with Crippen molar-refractivity contribution in [1.82, 2.24) is 4.90 Å². The van der Waals surface area contributed by atoms with E-state index in [1.807, 2.05) is 11.8 Å². The number of alkyl halides is 3. The Morgan fingerprint density at radius 3 is 2.47 bits per heavy atom. The topological polar surface area (TPSA) is 79.4 Å². The maximum atomic E-state index is 13.6. The van der Waals surface area contributed by atoms with Gasteiger partial charge in [0, 0.05) is 64.6 Å². The second-order valence-electron chi connectivity index (χ2n) is 8.89. The highest BCUT2D eigenvalue weighted by Gasteiger charge is 2.46. The fourth-order valence-corrected chi connectivity index (χ4v) is 4.86. The van der Waals surface area contributed by atoms with Crippen LogP contribution in [0.25, 0.3) is 0 Å². The summed E-state index contributed by atoms with van der Waals surface area (Å²) < 4.78 is 51.4. The SMILES string of the molecule is CCN(CCN1CC[C@@H](OC(C)=O)C1)c1ccc(C(=O)Cl)c(N(C(=O)C(F)(F)F)C2CCOCC2)c1. The number of benzene rings is 1. The molecule has 1 aromatic rings. The van der Waals surface area contributed by atoms with Gasteiger partial charge in [0.2, 0.25) is 0 Å².